The smallest absolute Gasteiger partial charge is 0.255 e. The lowest BCUT2D eigenvalue weighted by Gasteiger charge is -2.29. The molecule has 0 fully saturated rings. The number of hydrogen-bond acceptors (Lipinski definition) is 4. The van der Waals surface area contributed by atoms with Crippen LogP contribution < -0.4 is 5.32 Å². The molecule has 1 rings (SSSR count). The first-order chi connectivity index (χ1) is 8.41. The van der Waals surface area contributed by atoms with Crippen LogP contribution in [-0.4, -0.2) is 36.9 Å². The summed E-state index contributed by atoms with van der Waals surface area (Å²) in [5.41, 5.74) is -0.0640. The molecule has 1 amide bonds. The summed E-state index contributed by atoms with van der Waals surface area (Å²) < 4.78 is 10.4. The lowest BCUT2D eigenvalue weighted by atomic mass is 9.98. The molecule has 1 aromatic rings. The summed E-state index contributed by atoms with van der Waals surface area (Å²) in [5.74, 6) is 1.08. The molecule has 0 aromatic carbocycles. The van der Waals surface area contributed by atoms with E-state index in [1.54, 1.807) is 27.0 Å². The van der Waals surface area contributed by atoms with Gasteiger partial charge in [-0.1, -0.05) is 0 Å². The molecule has 0 spiro atoms. The van der Waals surface area contributed by atoms with Gasteiger partial charge in [0.1, 0.15) is 11.5 Å². The number of ether oxygens (including phenoxy) is 1. The minimum Gasteiger partial charge on any atom is -0.466 e. The summed E-state index contributed by atoms with van der Waals surface area (Å²) in [6, 6.07) is 1.71. The fraction of sp³-hybridized carbons (Fsp3) is 0.615. The van der Waals surface area contributed by atoms with Crippen molar-refractivity contribution in [1.29, 1.82) is 0 Å². The number of rotatable bonds is 6. The summed E-state index contributed by atoms with van der Waals surface area (Å²) in [7, 11) is 1.56. The van der Waals surface area contributed by atoms with Crippen molar-refractivity contribution in [2.24, 2.45) is 0 Å². The van der Waals surface area contributed by atoms with E-state index in [1.807, 2.05) is 6.92 Å². The van der Waals surface area contributed by atoms with Crippen molar-refractivity contribution in [3.8, 4) is 0 Å². The van der Waals surface area contributed by atoms with E-state index in [1.165, 1.54) is 0 Å². The maximum absolute atomic E-state index is 12.1. The fourth-order valence-electron chi connectivity index (χ4n) is 1.93. The number of amides is 1. The third-order valence-electron chi connectivity index (χ3n) is 2.83. The number of nitrogens with one attached hydrogen (secondary N) is 1. The Morgan fingerprint density at radius 1 is 1.56 bits per heavy atom. The summed E-state index contributed by atoms with van der Waals surface area (Å²) >= 11 is 0. The van der Waals surface area contributed by atoms with E-state index in [2.05, 4.69) is 5.32 Å². The van der Waals surface area contributed by atoms with Gasteiger partial charge in [0, 0.05) is 13.7 Å². The number of hydrogen-bond donors (Lipinski definition) is 2. The lowest BCUT2D eigenvalue weighted by Crippen LogP contribution is -2.50. The largest absolute Gasteiger partial charge is 0.466 e. The predicted octanol–water partition coefficient (Wildman–Crippen LogP) is 1.41. The average Bonchev–Trinajstić information content (AvgIpc) is 2.58. The SMILES string of the molecule is COCC(C)(CCO)NC(=O)c1cc(C)oc1C. The molecule has 0 saturated carbocycles. The van der Waals surface area contributed by atoms with Crippen molar-refractivity contribution in [2.75, 3.05) is 20.3 Å². The maximum Gasteiger partial charge on any atom is 0.255 e. The van der Waals surface area contributed by atoms with Crippen LogP contribution in [0.5, 0.6) is 0 Å². The van der Waals surface area contributed by atoms with Gasteiger partial charge in [0.05, 0.1) is 17.7 Å². The van der Waals surface area contributed by atoms with Gasteiger partial charge in [-0.15, -0.1) is 0 Å². The van der Waals surface area contributed by atoms with Gasteiger partial charge < -0.3 is 19.6 Å². The number of furan rings is 1. The van der Waals surface area contributed by atoms with Gasteiger partial charge in [-0.3, -0.25) is 4.79 Å². The van der Waals surface area contributed by atoms with Crippen molar-refractivity contribution in [1.82, 2.24) is 5.32 Å². The molecule has 1 unspecified atom stereocenters. The zero-order valence-electron chi connectivity index (χ0n) is 11.4. The molecule has 0 aliphatic carbocycles. The highest BCUT2D eigenvalue weighted by atomic mass is 16.5. The number of aliphatic hydroxyl groups excluding tert-OH is 1. The minimum absolute atomic E-state index is 0.0104. The quantitative estimate of drug-likeness (QED) is 0.806. The molecule has 0 radical (unpaired) electrons. The van der Waals surface area contributed by atoms with E-state index in [-0.39, 0.29) is 12.5 Å². The van der Waals surface area contributed by atoms with Gasteiger partial charge in [-0.2, -0.15) is 0 Å². The van der Waals surface area contributed by atoms with Gasteiger partial charge in [0.15, 0.2) is 0 Å². The van der Waals surface area contributed by atoms with E-state index in [0.29, 0.717) is 30.1 Å². The van der Waals surface area contributed by atoms with Crippen LogP contribution in [0.4, 0.5) is 0 Å². The first-order valence-corrected chi connectivity index (χ1v) is 5.91. The molecular weight excluding hydrogens is 234 g/mol. The summed E-state index contributed by atoms with van der Waals surface area (Å²) in [5, 5.41) is 11.9. The number of carbonyl (C=O) groups is 1. The number of carbonyl (C=O) groups excluding carboxylic acids is 1. The second kappa shape index (κ2) is 6.02. The number of aliphatic hydroxyl groups is 1. The number of aryl methyl sites for hydroxylation is 2. The standard InChI is InChI=1S/C13H21NO4/c1-9-7-11(10(2)18-9)12(16)14-13(3,5-6-15)8-17-4/h7,15H,5-6,8H2,1-4H3,(H,14,16). The Morgan fingerprint density at radius 3 is 2.67 bits per heavy atom. The predicted molar refractivity (Wildman–Crippen MR) is 67.6 cm³/mol. The van der Waals surface area contributed by atoms with Gasteiger partial charge in [0.25, 0.3) is 5.91 Å². The van der Waals surface area contributed by atoms with Gasteiger partial charge in [-0.05, 0) is 33.3 Å². The Labute approximate surface area is 107 Å². The van der Waals surface area contributed by atoms with E-state index >= 15 is 0 Å². The van der Waals surface area contributed by atoms with Crippen molar-refractivity contribution in [3.63, 3.8) is 0 Å². The van der Waals surface area contributed by atoms with Crippen LogP contribution in [0.3, 0.4) is 0 Å². The molecule has 18 heavy (non-hydrogen) atoms. The van der Waals surface area contributed by atoms with E-state index < -0.39 is 5.54 Å². The van der Waals surface area contributed by atoms with Crippen molar-refractivity contribution in [3.05, 3.63) is 23.2 Å². The maximum atomic E-state index is 12.1. The highest BCUT2D eigenvalue weighted by molar-refractivity contribution is 5.95. The second-order valence-corrected chi connectivity index (χ2v) is 4.75. The highest BCUT2D eigenvalue weighted by Gasteiger charge is 2.27. The van der Waals surface area contributed by atoms with Crippen LogP contribution in [-0.2, 0) is 4.74 Å². The van der Waals surface area contributed by atoms with Crippen LogP contribution in [0.15, 0.2) is 10.5 Å². The van der Waals surface area contributed by atoms with Gasteiger partial charge in [0.2, 0.25) is 0 Å². The molecule has 5 nitrogen and oxygen atoms in total. The Kier molecular flexibility index (Phi) is 4.93. The number of methoxy groups -OCH3 is 1. The zero-order valence-corrected chi connectivity index (χ0v) is 11.4. The van der Waals surface area contributed by atoms with E-state index in [4.69, 9.17) is 14.3 Å². The van der Waals surface area contributed by atoms with Crippen molar-refractivity contribution >= 4 is 5.91 Å². The second-order valence-electron chi connectivity index (χ2n) is 4.75. The Morgan fingerprint density at radius 2 is 2.22 bits per heavy atom. The van der Waals surface area contributed by atoms with E-state index in [9.17, 15) is 4.79 Å². The van der Waals surface area contributed by atoms with Crippen LogP contribution in [0.25, 0.3) is 0 Å². The third-order valence-corrected chi connectivity index (χ3v) is 2.83. The molecule has 1 atom stereocenters. The van der Waals surface area contributed by atoms with Gasteiger partial charge in [-0.25, -0.2) is 0 Å². The summed E-state index contributed by atoms with van der Waals surface area (Å²) in [4.78, 5) is 12.1. The molecule has 0 saturated heterocycles. The molecule has 0 aliphatic heterocycles. The molecule has 1 heterocycles. The van der Waals surface area contributed by atoms with Crippen LogP contribution in [0, 0.1) is 13.8 Å². The highest BCUT2D eigenvalue weighted by Crippen LogP contribution is 2.16. The molecule has 2 N–H and O–H groups in total. The molecular formula is C13H21NO4. The summed E-state index contributed by atoms with van der Waals surface area (Å²) in [6.45, 7) is 5.72. The Bertz CT molecular complexity index is 405. The molecule has 5 heteroatoms. The zero-order chi connectivity index (χ0) is 13.8. The van der Waals surface area contributed by atoms with Crippen molar-refractivity contribution in [2.45, 2.75) is 32.7 Å². The third kappa shape index (κ3) is 3.58. The molecule has 1 aromatic heterocycles. The monoisotopic (exact) mass is 255 g/mol. The molecule has 0 aliphatic rings. The molecule has 102 valence electrons. The van der Waals surface area contributed by atoms with E-state index in [0.717, 1.165) is 0 Å². The van der Waals surface area contributed by atoms with Crippen LogP contribution in [0.2, 0.25) is 0 Å². The fourth-order valence-corrected chi connectivity index (χ4v) is 1.93. The first-order valence-electron chi connectivity index (χ1n) is 5.91. The van der Waals surface area contributed by atoms with Gasteiger partial charge >= 0.3 is 0 Å². The lowest BCUT2D eigenvalue weighted by molar-refractivity contribution is 0.0724. The normalized spacial score (nSPS) is 14.3. The molecule has 0 bridgehead atoms. The topological polar surface area (TPSA) is 71.7 Å². The van der Waals surface area contributed by atoms with Crippen LogP contribution >= 0.6 is 0 Å². The Hall–Kier alpha value is -1.33. The van der Waals surface area contributed by atoms with Crippen molar-refractivity contribution < 1.29 is 19.1 Å². The Balaban J connectivity index is 2.81. The first kappa shape index (κ1) is 14.7. The average molecular weight is 255 g/mol. The minimum atomic E-state index is -0.585. The van der Waals surface area contributed by atoms with Crippen LogP contribution in [0.1, 0.15) is 35.2 Å². The summed E-state index contributed by atoms with van der Waals surface area (Å²) in [6.07, 6.45) is 0.433.